The van der Waals surface area contributed by atoms with Crippen LogP contribution < -0.4 is 4.90 Å². The predicted octanol–water partition coefficient (Wildman–Crippen LogP) is 3.55. The van der Waals surface area contributed by atoms with Crippen LogP contribution >= 0.6 is 0 Å². The molecule has 0 aliphatic carbocycles. The summed E-state index contributed by atoms with van der Waals surface area (Å²) in [7, 11) is 2.08. The number of hydrogen-bond donors (Lipinski definition) is 1. The van der Waals surface area contributed by atoms with Crippen molar-refractivity contribution < 1.29 is 0 Å². The summed E-state index contributed by atoms with van der Waals surface area (Å²) in [5.41, 5.74) is 4.79. The van der Waals surface area contributed by atoms with Gasteiger partial charge in [0.15, 0.2) is 0 Å². The van der Waals surface area contributed by atoms with Crippen LogP contribution in [0.2, 0.25) is 0 Å². The van der Waals surface area contributed by atoms with E-state index in [4.69, 9.17) is 0 Å². The van der Waals surface area contributed by atoms with Crippen molar-refractivity contribution in [3.8, 4) is 0 Å². The number of anilines is 1. The van der Waals surface area contributed by atoms with Gasteiger partial charge in [0.05, 0.1) is 11.0 Å². The van der Waals surface area contributed by atoms with Gasteiger partial charge >= 0.3 is 0 Å². The SMILES string of the molecule is Cc1cccc(CCN(C)c2nc3ccccc3[nH]2)c1. The van der Waals surface area contributed by atoms with E-state index in [0.29, 0.717) is 0 Å². The molecule has 0 fully saturated rings. The molecule has 3 nitrogen and oxygen atoms in total. The topological polar surface area (TPSA) is 31.9 Å². The number of nitrogens with zero attached hydrogens (tertiary/aromatic N) is 2. The quantitative estimate of drug-likeness (QED) is 0.782. The molecule has 1 N–H and O–H groups in total. The third-order valence-electron chi connectivity index (χ3n) is 3.56. The van der Waals surface area contributed by atoms with E-state index < -0.39 is 0 Å². The average Bonchev–Trinajstić information content (AvgIpc) is 2.89. The minimum Gasteiger partial charge on any atom is -0.345 e. The number of H-pyrrole nitrogens is 1. The predicted molar refractivity (Wildman–Crippen MR) is 84.2 cm³/mol. The van der Waals surface area contributed by atoms with Gasteiger partial charge in [0.25, 0.3) is 0 Å². The summed E-state index contributed by atoms with van der Waals surface area (Å²) in [5.74, 6) is 0.929. The van der Waals surface area contributed by atoms with Crippen LogP contribution in [0.25, 0.3) is 11.0 Å². The average molecular weight is 265 g/mol. The smallest absolute Gasteiger partial charge is 0.203 e. The number of aromatic nitrogens is 2. The molecule has 20 heavy (non-hydrogen) atoms. The lowest BCUT2D eigenvalue weighted by Crippen LogP contribution is -2.21. The van der Waals surface area contributed by atoms with Crippen LogP contribution in [0.4, 0.5) is 5.95 Å². The Balaban J connectivity index is 1.71. The van der Waals surface area contributed by atoms with Crippen LogP contribution in [-0.4, -0.2) is 23.6 Å². The zero-order valence-electron chi connectivity index (χ0n) is 11.9. The van der Waals surface area contributed by atoms with E-state index in [2.05, 4.69) is 59.2 Å². The fraction of sp³-hybridized carbons (Fsp3) is 0.235. The van der Waals surface area contributed by atoms with Gasteiger partial charge in [-0.15, -0.1) is 0 Å². The highest BCUT2D eigenvalue weighted by molar-refractivity contribution is 5.77. The van der Waals surface area contributed by atoms with E-state index >= 15 is 0 Å². The Labute approximate surface area is 119 Å². The lowest BCUT2D eigenvalue weighted by molar-refractivity contribution is 0.849. The number of para-hydroxylation sites is 2. The zero-order chi connectivity index (χ0) is 13.9. The van der Waals surface area contributed by atoms with Crippen LogP contribution in [0.15, 0.2) is 48.5 Å². The van der Waals surface area contributed by atoms with Crippen LogP contribution in [0, 0.1) is 6.92 Å². The maximum absolute atomic E-state index is 4.61. The first-order valence-electron chi connectivity index (χ1n) is 6.94. The van der Waals surface area contributed by atoms with Crippen molar-refractivity contribution in [2.45, 2.75) is 13.3 Å². The highest BCUT2D eigenvalue weighted by Crippen LogP contribution is 2.16. The second kappa shape index (κ2) is 5.37. The number of hydrogen-bond acceptors (Lipinski definition) is 2. The lowest BCUT2D eigenvalue weighted by Gasteiger charge is -2.15. The van der Waals surface area contributed by atoms with Gasteiger partial charge in [-0.05, 0) is 31.0 Å². The van der Waals surface area contributed by atoms with Gasteiger partial charge in [-0.1, -0.05) is 42.0 Å². The van der Waals surface area contributed by atoms with Crippen molar-refractivity contribution >= 4 is 17.0 Å². The lowest BCUT2D eigenvalue weighted by atomic mass is 10.1. The Hall–Kier alpha value is -2.29. The van der Waals surface area contributed by atoms with Crippen LogP contribution in [0.5, 0.6) is 0 Å². The molecule has 0 saturated heterocycles. The summed E-state index contributed by atoms with van der Waals surface area (Å²) >= 11 is 0. The summed E-state index contributed by atoms with van der Waals surface area (Å²) in [6, 6.07) is 16.8. The molecule has 0 amide bonds. The molecule has 102 valence electrons. The van der Waals surface area contributed by atoms with Crippen molar-refractivity contribution in [1.29, 1.82) is 0 Å². The molecule has 0 atom stereocenters. The monoisotopic (exact) mass is 265 g/mol. The molecule has 3 rings (SSSR count). The summed E-state index contributed by atoms with van der Waals surface area (Å²) in [5, 5.41) is 0. The largest absolute Gasteiger partial charge is 0.345 e. The van der Waals surface area contributed by atoms with E-state index in [1.807, 2.05) is 18.2 Å². The molecule has 0 bridgehead atoms. The molecule has 1 aromatic heterocycles. The third-order valence-corrected chi connectivity index (χ3v) is 3.56. The van der Waals surface area contributed by atoms with Crippen molar-refractivity contribution in [3.63, 3.8) is 0 Å². The Morgan fingerprint density at radius 3 is 2.75 bits per heavy atom. The Bertz CT molecular complexity index is 682. The van der Waals surface area contributed by atoms with Crippen LogP contribution in [-0.2, 0) is 6.42 Å². The first kappa shape index (κ1) is 12.7. The molecule has 0 radical (unpaired) electrons. The molecule has 3 aromatic rings. The Morgan fingerprint density at radius 2 is 1.95 bits per heavy atom. The third kappa shape index (κ3) is 2.67. The fourth-order valence-electron chi connectivity index (χ4n) is 2.39. The zero-order valence-corrected chi connectivity index (χ0v) is 11.9. The molecule has 0 spiro atoms. The van der Waals surface area contributed by atoms with Crippen molar-refractivity contribution in [3.05, 3.63) is 59.7 Å². The molecular formula is C17H19N3. The summed E-state index contributed by atoms with van der Waals surface area (Å²) < 4.78 is 0. The van der Waals surface area contributed by atoms with Crippen LogP contribution in [0.1, 0.15) is 11.1 Å². The number of aromatic amines is 1. The molecule has 0 saturated carbocycles. The first-order valence-corrected chi connectivity index (χ1v) is 6.94. The van der Waals surface area contributed by atoms with Crippen LogP contribution in [0.3, 0.4) is 0 Å². The van der Waals surface area contributed by atoms with Gasteiger partial charge in [-0.2, -0.15) is 0 Å². The maximum atomic E-state index is 4.61. The van der Waals surface area contributed by atoms with E-state index in [9.17, 15) is 0 Å². The van der Waals surface area contributed by atoms with Gasteiger partial charge in [-0.3, -0.25) is 0 Å². The highest BCUT2D eigenvalue weighted by atomic mass is 15.2. The minimum atomic E-state index is 0.929. The summed E-state index contributed by atoms with van der Waals surface area (Å²) in [6.07, 6.45) is 1.02. The molecular weight excluding hydrogens is 246 g/mol. The second-order valence-electron chi connectivity index (χ2n) is 5.24. The molecule has 1 heterocycles. The summed E-state index contributed by atoms with van der Waals surface area (Å²) in [6.45, 7) is 3.08. The first-order chi connectivity index (χ1) is 9.72. The van der Waals surface area contributed by atoms with Crippen molar-refractivity contribution in [2.24, 2.45) is 0 Å². The number of benzene rings is 2. The number of likely N-dealkylation sites (N-methyl/N-ethyl adjacent to an activating group) is 1. The number of imidazole rings is 1. The van der Waals surface area contributed by atoms with Gasteiger partial charge < -0.3 is 9.88 Å². The Morgan fingerprint density at radius 1 is 1.10 bits per heavy atom. The van der Waals surface area contributed by atoms with E-state index in [1.165, 1.54) is 11.1 Å². The second-order valence-corrected chi connectivity index (χ2v) is 5.24. The standard InChI is InChI=1S/C17H19N3/c1-13-6-5-7-14(12-13)10-11-20(2)17-18-15-8-3-4-9-16(15)19-17/h3-9,12H,10-11H2,1-2H3,(H,18,19). The normalized spacial score (nSPS) is 10.9. The van der Waals surface area contributed by atoms with E-state index in [-0.39, 0.29) is 0 Å². The Kier molecular flexibility index (Phi) is 3.42. The number of fused-ring (bicyclic) bond motifs is 1. The van der Waals surface area contributed by atoms with E-state index in [0.717, 1.165) is 29.9 Å². The minimum absolute atomic E-state index is 0.929. The highest BCUT2D eigenvalue weighted by Gasteiger charge is 2.07. The molecule has 0 aliphatic rings. The molecule has 2 aromatic carbocycles. The summed E-state index contributed by atoms with van der Waals surface area (Å²) in [4.78, 5) is 10.1. The van der Waals surface area contributed by atoms with Crippen molar-refractivity contribution in [1.82, 2.24) is 9.97 Å². The molecule has 3 heteroatoms. The number of nitrogens with one attached hydrogen (secondary N) is 1. The van der Waals surface area contributed by atoms with Gasteiger partial charge in [0.1, 0.15) is 0 Å². The van der Waals surface area contributed by atoms with Gasteiger partial charge in [-0.25, -0.2) is 4.98 Å². The number of rotatable bonds is 4. The molecule has 0 unspecified atom stereocenters. The van der Waals surface area contributed by atoms with Crippen molar-refractivity contribution in [2.75, 3.05) is 18.5 Å². The van der Waals surface area contributed by atoms with E-state index in [1.54, 1.807) is 0 Å². The fourth-order valence-corrected chi connectivity index (χ4v) is 2.39. The molecule has 0 aliphatic heterocycles. The maximum Gasteiger partial charge on any atom is 0.203 e. The van der Waals surface area contributed by atoms with Gasteiger partial charge in [0, 0.05) is 13.6 Å². The van der Waals surface area contributed by atoms with Gasteiger partial charge in [0.2, 0.25) is 5.95 Å². The number of aryl methyl sites for hydroxylation is 1.